The van der Waals surface area contributed by atoms with Crippen LogP contribution in [0.2, 0.25) is 0 Å². The molecule has 1 fully saturated rings. The van der Waals surface area contributed by atoms with Crippen molar-refractivity contribution in [1.29, 1.82) is 5.26 Å². The molecule has 0 radical (unpaired) electrons. The van der Waals surface area contributed by atoms with Crippen molar-refractivity contribution in [2.75, 3.05) is 20.1 Å². The number of nitrogens with zero attached hydrogens (tertiary/aromatic N) is 4. The van der Waals surface area contributed by atoms with Crippen LogP contribution in [0.5, 0.6) is 0 Å². The molecule has 2 aromatic carbocycles. The number of aryl methyl sites for hydroxylation is 2. The van der Waals surface area contributed by atoms with Crippen LogP contribution < -0.4 is 5.32 Å². The van der Waals surface area contributed by atoms with E-state index in [4.69, 9.17) is 0 Å². The third-order valence-electron chi connectivity index (χ3n) is 7.38. The van der Waals surface area contributed by atoms with E-state index < -0.39 is 0 Å². The second-order valence-corrected chi connectivity index (χ2v) is 10.1. The molecule has 0 aliphatic carbocycles. The van der Waals surface area contributed by atoms with E-state index in [1.807, 2.05) is 52.1 Å². The quantitative estimate of drug-likeness (QED) is 0.373. The van der Waals surface area contributed by atoms with Gasteiger partial charge < -0.3 is 10.2 Å². The molecule has 1 amide bonds. The number of hydrogen-bond donors (Lipinski definition) is 1. The van der Waals surface area contributed by atoms with Crippen LogP contribution in [-0.2, 0) is 0 Å². The molecule has 0 saturated carbocycles. The lowest BCUT2D eigenvalue weighted by Crippen LogP contribution is -2.38. The standard InChI is InChI=1S/C31H30FN5O/c1-18-10-22(12-24(32)11-18)27-16-36-28-8-7-21(29-19(2)23(14-33)15-35-20(29)3)13-26(28)30(27)31(38)37(4)17-25-6-5-9-34-25/h7-8,10-13,15-16,25,34H,5-6,9,17H2,1-4H3/t25-/m0/s1. The minimum absolute atomic E-state index is 0.141. The Morgan fingerprint density at radius 3 is 2.66 bits per heavy atom. The van der Waals surface area contributed by atoms with Crippen LogP contribution in [-0.4, -0.2) is 47.0 Å². The molecule has 0 spiro atoms. The summed E-state index contributed by atoms with van der Waals surface area (Å²) in [7, 11) is 1.81. The molecule has 4 aromatic rings. The number of amides is 1. The number of benzene rings is 2. The van der Waals surface area contributed by atoms with Gasteiger partial charge in [-0.15, -0.1) is 0 Å². The molecule has 1 aliphatic rings. The van der Waals surface area contributed by atoms with Crippen LogP contribution in [0.25, 0.3) is 33.2 Å². The average Bonchev–Trinajstić information content (AvgIpc) is 3.40. The van der Waals surface area contributed by atoms with Crippen molar-refractivity contribution in [2.45, 2.75) is 39.7 Å². The Kier molecular flexibility index (Phi) is 6.92. The SMILES string of the molecule is Cc1cc(F)cc(-c2cnc3ccc(-c4c(C)ncc(C#N)c4C)cc3c2C(=O)N(C)C[C@@H]2CCCN2)c1. The lowest BCUT2D eigenvalue weighted by molar-refractivity contribution is 0.0786. The first-order valence-corrected chi connectivity index (χ1v) is 12.8. The van der Waals surface area contributed by atoms with Gasteiger partial charge in [-0.1, -0.05) is 12.1 Å². The molecular formula is C31H30FN5O. The average molecular weight is 508 g/mol. The van der Waals surface area contributed by atoms with Gasteiger partial charge >= 0.3 is 0 Å². The number of rotatable bonds is 5. The van der Waals surface area contributed by atoms with Gasteiger partial charge in [0.15, 0.2) is 0 Å². The Morgan fingerprint density at radius 1 is 1.13 bits per heavy atom. The summed E-state index contributed by atoms with van der Waals surface area (Å²) in [6, 6.07) is 13.0. The van der Waals surface area contributed by atoms with Gasteiger partial charge in [0.1, 0.15) is 11.9 Å². The highest BCUT2D eigenvalue weighted by Crippen LogP contribution is 2.35. The van der Waals surface area contributed by atoms with Gasteiger partial charge in [-0.2, -0.15) is 5.26 Å². The first-order chi connectivity index (χ1) is 18.3. The number of carbonyl (C=O) groups is 1. The molecular weight excluding hydrogens is 477 g/mol. The molecule has 192 valence electrons. The Bertz CT molecular complexity index is 1580. The molecule has 0 unspecified atom stereocenters. The Labute approximate surface area is 222 Å². The topological polar surface area (TPSA) is 81.9 Å². The number of halogens is 1. The summed E-state index contributed by atoms with van der Waals surface area (Å²) in [6.45, 7) is 7.18. The molecule has 38 heavy (non-hydrogen) atoms. The fourth-order valence-electron chi connectivity index (χ4n) is 5.47. The smallest absolute Gasteiger partial charge is 0.255 e. The van der Waals surface area contributed by atoms with Crippen molar-refractivity contribution in [3.63, 3.8) is 0 Å². The maximum Gasteiger partial charge on any atom is 0.255 e. The normalized spacial score (nSPS) is 15.0. The third-order valence-corrected chi connectivity index (χ3v) is 7.38. The number of pyridine rings is 2. The number of aromatic nitrogens is 2. The molecule has 1 saturated heterocycles. The molecule has 7 heteroatoms. The number of carbonyl (C=O) groups excluding carboxylic acids is 1. The van der Waals surface area contributed by atoms with Gasteiger partial charge in [0, 0.05) is 54.2 Å². The van der Waals surface area contributed by atoms with Crippen molar-refractivity contribution < 1.29 is 9.18 Å². The van der Waals surface area contributed by atoms with Crippen LogP contribution in [0.15, 0.2) is 48.8 Å². The highest BCUT2D eigenvalue weighted by atomic mass is 19.1. The number of hydrogen-bond acceptors (Lipinski definition) is 5. The second-order valence-electron chi connectivity index (χ2n) is 10.1. The first-order valence-electron chi connectivity index (χ1n) is 12.8. The number of fused-ring (bicyclic) bond motifs is 1. The summed E-state index contributed by atoms with van der Waals surface area (Å²) in [4.78, 5) is 25.0. The van der Waals surface area contributed by atoms with E-state index in [0.29, 0.717) is 39.7 Å². The summed E-state index contributed by atoms with van der Waals surface area (Å²) < 4.78 is 14.5. The second kappa shape index (κ2) is 10.3. The van der Waals surface area contributed by atoms with Gasteiger partial charge in [0.05, 0.1) is 16.6 Å². The first kappa shape index (κ1) is 25.5. The van der Waals surface area contributed by atoms with Crippen LogP contribution in [0, 0.1) is 37.9 Å². The fourth-order valence-corrected chi connectivity index (χ4v) is 5.47. The highest BCUT2D eigenvalue weighted by Gasteiger charge is 2.25. The van der Waals surface area contributed by atoms with Crippen molar-refractivity contribution >= 4 is 16.8 Å². The lowest BCUT2D eigenvalue weighted by atomic mass is 9.91. The minimum atomic E-state index is -0.360. The highest BCUT2D eigenvalue weighted by molar-refractivity contribution is 6.12. The van der Waals surface area contributed by atoms with Crippen LogP contribution in [0.1, 0.15) is 45.6 Å². The van der Waals surface area contributed by atoms with Gasteiger partial charge in [0.25, 0.3) is 5.91 Å². The molecule has 3 heterocycles. The van der Waals surface area contributed by atoms with Crippen LogP contribution in [0.3, 0.4) is 0 Å². The summed E-state index contributed by atoms with van der Waals surface area (Å²) >= 11 is 0. The lowest BCUT2D eigenvalue weighted by Gasteiger charge is -2.24. The maximum atomic E-state index is 14.5. The van der Waals surface area contributed by atoms with Gasteiger partial charge in [-0.3, -0.25) is 14.8 Å². The van der Waals surface area contributed by atoms with E-state index in [0.717, 1.165) is 47.3 Å². The van der Waals surface area contributed by atoms with E-state index in [9.17, 15) is 14.4 Å². The fraction of sp³-hybridized carbons (Fsp3) is 0.290. The Morgan fingerprint density at radius 2 is 1.95 bits per heavy atom. The molecule has 1 N–H and O–H groups in total. The summed E-state index contributed by atoms with van der Waals surface area (Å²) in [5.74, 6) is -0.501. The van der Waals surface area contributed by atoms with Crippen molar-refractivity contribution in [1.82, 2.24) is 20.2 Å². The minimum Gasteiger partial charge on any atom is -0.340 e. The van der Waals surface area contributed by atoms with Crippen molar-refractivity contribution in [3.8, 4) is 28.3 Å². The van der Waals surface area contributed by atoms with Gasteiger partial charge in [0.2, 0.25) is 0 Å². The van der Waals surface area contributed by atoms with E-state index in [1.165, 1.54) is 12.1 Å². The zero-order valence-electron chi connectivity index (χ0n) is 22.1. The van der Waals surface area contributed by atoms with Gasteiger partial charge in [-0.25, -0.2) is 4.39 Å². The predicted octanol–water partition coefficient (Wildman–Crippen LogP) is 5.72. The number of nitriles is 1. The summed E-state index contributed by atoms with van der Waals surface area (Å²) in [5.41, 5.74) is 6.96. The molecule has 6 nitrogen and oxygen atoms in total. The zero-order chi connectivity index (χ0) is 27.0. The van der Waals surface area contributed by atoms with E-state index >= 15 is 0 Å². The molecule has 0 bridgehead atoms. The van der Waals surface area contributed by atoms with Crippen molar-refractivity contribution in [2.24, 2.45) is 0 Å². The molecule has 1 atom stereocenters. The summed E-state index contributed by atoms with van der Waals surface area (Å²) in [6.07, 6.45) is 5.37. The molecule has 1 aliphatic heterocycles. The number of likely N-dealkylation sites (N-methyl/N-ethyl adjacent to an activating group) is 1. The van der Waals surface area contributed by atoms with Crippen LogP contribution >= 0.6 is 0 Å². The maximum absolute atomic E-state index is 14.5. The van der Waals surface area contributed by atoms with Crippen LogP contribution in [0.4, 0.5) is 4.39 Å². The van der Waals surface area contributed by atoms with E-state index in [-0.39, 0.29) is 17.8 Å². The van der Waals surface area contributed by atoms with E-state index in [1.54, 1.807) is 17.3 Å². The Balaban J connectivity index is 1.74. The molecule has 5 rings (SSSR count). The zero-order valence-corrected chi connectivity index (χ0v) is 22.1. The molecule has 2 aromatic heterocycles. The third kappa shape index (κ3) is 4.75. The predicted molar refractivity (Wildman–Crippen MR) is 147 cm³/mol. The van der Waals surface area contributed by atoms with Crippen molar-refractivity contribution in [3.05, 3.63) is 82.6 Å². The van der Waals surface area contributed by atoms with E-state index in [2.05, 4.69) is 21.4 Å². The Hall–Kier alpha value is -4.15. The summed E-state index contributed by atoms with van der Waals surface area (Å²) in [5, 5.41) is 13.7. The number of nitrogens with one attached hydrogen (secondary N) is 1. The largest absolute Gasteiger partial charge is 0.340 e. The van der Waals surface area contributed by atoms with Gasteiger partial charge in [-0.05, 0) is 86.7 Å². The monoisotopic (exact) mass is 507 g/mol.